The number of hydrogen-bond donors (Lipinski definition) is 3. The number of rotatable bonds is 9. The molecule has 0 unspecified atom stereocenters. The molecule has 2 bridgehead atoms. The minimum atomic E-state index is -0.760. The van der Waals surface area contributed by atoms with E-state index in [1.807, 2.05) is 12.1 Å². The smallest absolute Gasteiger partial charge is 0.307 e. The number of phenolic OH excluding ortho intramolecular Hbond substituents is 1. The number of carbonyl (C=O) groups is 1. The maximum Gasteiger partial charge on any atom is 0.307 e. The molecular weight excluding hydrogens is 544 g/mol. The van der Waals surface area contributed by atoms with Crippen LogP contribution < -0.4 is 0 Å². The first-order valence-electron chi connectivity index (χ1n) is 17.3. The van der Waals surface area contributed by atoms with Crippen LogP contribution in [0.1, 0.15) is 112 Å². The van der Waals surface area contributed by atoms with Gasteiger partial charge < -0.3 is 15.3 Å². The van der Waals surface area contributed by atoms with Crippen LogP contribution >= 0.6 is 0 Å². The minimum Gasteiger partial charge on any atom is -0.508 e. The van der Waals surface area contributed by atoms with Gasteiger partial charge in [0, 0.05) is 5.41 Å². The third kappa shape index (κ3) is 6.61. The van der Waals surface area contributed by atoms with Gasteiger partial charge in [-0.25, -0.2) is 0 Å². The molecule has 4 heteroatoms. The van der Waals surface area contributed by atoms with Crippen molar-refractivity contribution in [3.63, 3.8) is 0 Å². The summed E-state index contributed by atoms with van der Waals surface area (Å²) in [5.74, 6) is 0.557. The van der Waals surface area contributed by atoms with Crippen LogP contribution in [-0.2, 0) is 16.6 Å². The highest BCUT2D eigenvalue weighted by atomic mass is 16.4. The number of aliphatic hydroxyl groups is 1. The van der Waals surface area contributed by atoms with Crippen molar-refractivity contribution in [2.75, 3.05) is 0 Å². The molecule has 6 rings (SSSR count). The van der Waals surface area contributed by atoms with Crippen LogP contribution in [0.5, 0.6) is 5.75 Å². The Hall–Kier alpha value is -3.11. The Morgan fingerprint density at radius 3 is 2.43 bits per heavy atom. The molecule has 4 nitrogen and oxygen atoms in total. The molecule has 0 aliphatic heterocycles. The van der Waals surface area contributed by atoms with E-state index in [0.29, 0.717) is 30.4 Å². The van der Waals surface area contributed by atoms with Crippen molar-refractivity contribution in [3.05, 3.63) is 95.1 Å². The van der Waals surface area contributed by atoms with E-state index >= 15 is 0 Å². The van der Waals surface area contributed by atoms with Gasteiger partial charge in [0.1, 0.15) is 5.75 Å². The molecule has 0 aromatic heterocycles. The number of aliphatic carboxylic acids is 1. The molecule has 4 aliphatic carbocycles. The van der Waals surface area contributed by atoms with Crippen molar-refractivity contribution in [3.8, 4) is 5.75 Å². The molecule has 44 heavy (non-hydrogen) atoms. The number of aliphatic hydroxyl groups excluding tert-OH is 1. The maximum atomic E-state index is 13.0. The van der Waals surface area contributed by atoms with Gasteiger partial charge >= 0.3 is 5.97 Å². The zero-order chi connectivity index (χ0) is 30.5. The van der Waals surface area contributed by atoms with E-state index in [-0.39, 0.29) is 5.92 Å². The monoisotopic (exact) mass is 594 g/mol. The van der Waals surface area contributed by atoms with Gasteiger partial charge in [-0.15, -0.1) is 0 Å². The number of benzene rings is 2. The second-order valence-electron chi connectivity index (χ2n) is 14.1. The summed E-state index contributed by atoms with van der Waals surface area (Å²) in [6.07, 6.45) is 27.4. The molecule has 1 spiro atoms. The third-order valence-corrected chi connectivity index (χ3v) is 11.4. The SMILES string of the molecule is O=C(O)[C@H]1C/C=C/C[C@H](CCCCCC[C@@H]2C=CCC2)[C@@H](c2ccc(O)cc2)Cc2ccc3c(c2)[C@@]12C[C@@H](O)CC[C@@H]2C=C3. The number of phenols is 1. The molecule has 2 aromatic rings. The van der Waals surface area contributed by atoms with E-state index in [0.717, 1.165) is 49.1 Å². The molecular formula is C40H50O4. The zero-order valence-corrected chi connectivity index (χ0v) is 26.1. The predicted molar refractivity (Wildman–Crippen MR) is 178 cm³/mol. The first kappa shape index (κ1) is 30.9. The number of carboxylic acid groups (broad SMARTS) is 1. The van der Waals surface area contributed by atoms with Crippen LogP contribution in [0.2, 0.25) is 0 Å². The molecule has 0 amide bonds. The van der Waals surface area contributed by atoms with Crippen molar-refractivity contribution in [1.29, 1.82) is 0 Å². The van der Waals surface area contributed by atoms with Crippen molar-refractivity contribution < 1.29 is 20.1 Å². The number of aromatic hydroxyl groups is 1. The van der Waals surface area contributed by atoms with E-state index < -0.39 is 23.4 Å². The van der Waals surface area contributed by atoms with E-state index in [2.05, 4.69) is 66.8 Å². The normalized spacial score (nSPS) is 31.9. The maximum absolute atomic E-state index is 13.0. The Kier molecular flexibility index (Phi) is 9.76. The molecule has 2 aromatic carbocycles. The van der Waals surface area contributed by atoms with Gasteiger partial charge in [-0.1, -0.05) is 92.5 Å². The van der Waals surface area contributed by atoms with E-state index in [4.69, 9.17) is 0 Å². The summed E-state index contributed by atoms with van der Waals surface area (Å²) in [5, 5.41) is 31.7. The highest BCUT2D eigenvalue weighted by molar-refractivity contribution is 5.75. The van der Waals surface area contributed by atoms with Crippen LogP contribution in [0, 0.1) is 23.7 Å². The van der Waals surface area contributed by atoms with Gasteiger partial charge in [0.15, 0.2) is 0 Å². The third-order valence-electron chi connectivity index (χ3n) is 11.4. The van der Waals surface area contributed by atoms with E-state index in [9.17, 15) is 20.1 Å². The number of carboxylic acids is 1. The van der Waals surface area contributed by atoms with Crippen LogP contribution in [0.3, 0.4) is 0 Å². The van der Waals surface area contributed by atoms with Gasteiger partial charge in [-0.2, -0.15) is 0 Å². The standard InChI is InChI=1S/C40H50O4/c41-34-22-18-31(19-23-34)36-25-29-15-16-32-17-20-33-21-24-35(42)27-40(33,38(32)26-29)37(39(43)44)14-8-7-13-30(36)12-4-2-1-3-9-28-10-5-6-11-28/h5,7-8,10,15-20,22-23,26,28,30,33,35-37,41-42H,1-4,6,9,11-14,21,24-25,27H2,(H,43,44)/b8-7+/t28-,30+,33+,35+,36+,37-,40-/m1/s1. The lowest BCUT2D eigenvalue weighted by Gasteiger charge is -2.51. The van der Waals surface area contributed by atoms with E-state index in [1.165, 1.54) is 56.1 Å². The van der Waals surface area contributed by atoms with Crippen molar-refractivity contribution in [2.45, 2.75) is 107 Å². The lowest BCUT2D eigenvalue weighted by Crippen LogP contribution is -2.51. The highest BCUT2D eigenvalue weighted by Crippen LogP contribution is 2.55. The van der Waals surface area contributed by atoms with Crippen molar-refractivity contribution >= 4 is 12.0 Å². The average molecular weight is 595 g/mol. The molecule has 4 aliphatic rings. The second-order valence-corrected chi connectivity index (χ2v) is 14.1. The van der Waals surface area contributed by atoms with Gasteiger partial charge in [-0.05, 0) is 122 Å². The molecule has 1 fully saturated rings. The molecule has 7 atom stereocenters. The van der Waals surface area contributed by atoms with Gasteiger partial charge in [0.25, 0.3) is 0 Å². The zero-order valence-electron chi connectivity index (χ0n) is 26.1. The van der Waals surface area contributed by atoms with Gasteiger partial charge in [0.2, 0.25) is 0 Å². The van der Waals surface area contributed by atoms with Crippen LogP contribution in [0.4, 0.5) is 0 Å². The summed E-state index contributed by atoms with van der Waals surface area (Å²) in [6, 6.07) is 14.5. The summed E-state index contributed by atoms with van der Waals surface area (Å²) in [7, 11) is 0. The van der Waals surface area contributed by atoms with E-state index in [1.54, 1.807) is 0 Å². The van der Waals surface area contributed by atoms with Crippen molar-refractivity contribution in [1.82, 2.24) is 0 Å². The largest absolute Gasteiger partial charge is 0.508 e. The topological polar surface area (TPSA) is 77.8 Å². The Morgan fingerprint density at radius 2 is 1.66 bits per heavy atom. The lowest BCUT2D eigenvalue weighted by atomic mass is 9.52. The first-order chi connectivity index (χ1) is 21.4. The van der Waals surface area contributed by atoms with Gasteiger partial charge in [-0.3, -0.25) is 4.79 Å². The summed E-state index contributed by atoms with van der Waals surface area (Å²) < 4.78 is 0. The fourth-order valence-corrected chi connectivity index (χ4v) is 9.09. The number of allylic oxidation sites excluding steroid dienone is 5. The number of fused-ring (bicyclic) bond motifs is 1. The Labute approximate surface area is 263 Å². The lowest BCUT2D eigenvalue weighted by molar-refractivity contribution is -0.146. The minimum absolute atomic E-state index is 0.108. The first-order valence-corrected chi connectivity index (χ1v) is 17.3. The summed E-state index contributed by atoms with van der Waals surface area (Å²) in [4.78, 5) is 13.0. The molecule has 3 N–H and O–H groups in total. The highest BCUT2D eigenvalue weighted by Gasteiger charge is 2.53. The summed E-state index contributed by atoms with van der Waals surface area (Å²) in [5.41, 5.74) is 4.08. The quantitative estimate of drug-likeness (QED) is 0.200. The summed E-state index contributed by atoms with van der Waals surface area (Å²) >= 11 is 0. The molecule has 1 saturated carbocycles. The Bertz CT molecular complexity index is 1370. The molecule has 0 heterocycles. The van der Waals surface area contributed by atoms with Crippen molar-refractivity contribution in [2.24, 2.45) is 23.7 Å². The van der Waals surface area contributed by atoms with Crippen LogP contribution in [-0.4, -0.2) is 27.4 Å². The van der Waals surface area contributed by atoms with Crippen LogP contribution in [0.15, 0.2) is 72.8 Å². The Balaban J connectivity index is 1.30. The van der Waals surface area contributed by atoms with Gasteiger partial charge in [0.05, 0.1) is 12.0 Å². The molecule has 0 saturated heterocycles. The van der Waals surface area contributed by atoms with Crippen LogP contribution in [0.25, 0.3) is 6.08 Å². The fourth-order valence-electron chi connectivity index (χ4n) is 9.09. The predicted octanol–water partition coefficient (Wildman–Crippen LogP) is 9.12. The average Bonchev–Trinajstić information content (AvgIpc) is 3.54. The molecule has 0 radical (unpaired) electrons. The number of hydrogen-bond acceptors (Lipinski definition) is 3. The second kappa shape index (κ2) is 13.9. The Morgan fingerprint density at radius 1 is 0.864 bits per heavy atom. The molecule has 234 valence electrons. The fraction of sp³-hybridized carbons (Fsp3) is 0.525. The number of unbranched alkanes of at least 4 members (excludes halogenated alkanes) is 3. The summed E-state index contributed by atoms with van der Waals surface area (Å²) in [6.45, 7) is 0.